The van der Waals surface area contributed by atoms with E-state index >= 15 is 0 Å². The summed E-state index contributed by atoms with van der Waals surface area (Å²) < 4.78 is 11.7. The molecule has 0 atom stereocenters. The van der Waals surface area contributed by atoms with Gasteiger partial charge in [-0.2, -0.15) is 0 Å². The molecule has 4 heteroatoms. The largest absolute Gasteiger partial charge is 0.507 e. The first-order valence-corrected chi connectivity index (χ1v) is 10.2. The highest BCUT2D eigenvalue weighted by atomic mass is 16.7. The summed E-state index contributed by atoms with van der Waals surface area (Å²) in [4.78, 5) is 12.9. The molecule has 0 fully saturated rings. The third-order valence-corrected chi connectivity index (χ3v) is 5.19. The maximum atomic E-state index is 12.9. The average Bonchev–Trinajstić information content (AvgIpc) is 2.60. The van der Waals surface area contributed by atoms with E-state index in [0.29, 0.717) is 23.3 Å². The van der Waals surface area contributed by atoms with Gasteiger partial charge in [0, 0.05) is 13.8 Å². The highest BCUT2D eigenvalue weighted by Gasteiger charge is 2.38. The van der Waals surface area contributed by atoms with Crippen molar-refractivity contribution in [1.82, 2.24) is 0 Å². The zero-order valence-corrected chi connectivity index (χ0v) is 18.0. The van der Waals surface area contributed by atoms with E-state index in [0.717, 1.165) is 47.1 Å². The number of unbranched alkanes of at least 4 members (excludes halogenated alkanes) is 2. The molecule has 0 amide bonds. The van der Waals surface area contributed by atoms with Crippen molar-refractivity contribution in [3.05, 3.63) is 53.1 Å². The van der Waals surface area contributed by atoms with Gasteiger partial charge in [0.25, 0.3) is 0 Å². The normalized spacial score (nSPS) is 14.7. The van der Waals surface area contributed by atoms with Crippen molar-refractivity contribution in [2.45, 2.75) is 66.1 Å². The number of aromatic hydroxyl groups is 1. The van der Waals surface area contributed by atoms with Crippen molar-refractivity contribution >= 4 is 11.5 Å². The number of benzene rings is 2. The third-order valence-electron chi connectivity index (χ3n) is 5.19. The molecule has 2 aromatic carbocycles. The van der Waals surface area contributed by atoms with Crippen LogP contribution >= 0.6 is 0 Å². The summed E-state index contributed by atoms with van der Waals surface area (Å²) in [5.41, 5.74) is 5.33. The molecule has 154 valence electrons. The Balaban J connectivity index is 2.30. The van der Waals surface area contributed by atoms with E-state index in [-0.39, 0.29) is 5.75 Å². The number of ether oxygens (including phenoxy) is 2. The van der Waals surface area contributed by atoms with Gasteiger partial charge in [-0.1, -0.05) is 55.7 Å². The summed E-state index contributed by atoms with van der Waals surface area (Å²) >= 11 is 0. The Labute approximate surface area is 173 Å². The van der Waals surface area contributed by atoms with Crippen LogP contribution in [0.4, 0.5) is 0 Å². The molecule has 0 aromatic heterocycles. The second-order valence-corrected chi connectivity index (χ2v) is 8.31. The summed E-state index contributed by atoms with van der Waals surface area (Å²) in [5.74, 6) is -1.02. The van der Waals surface area contributed by atoms with E-state index < -0.39 is 11.8 Å². The highest BCUT2D eigenvalue weighted by Crippen LogP contribution is 2.48. The predicted octanol–water partition coefficient (Wildman–Crippen LogP) is 6.42. The van der Waals surface area contributed by atoms with E-state index in [2.05, 4.69) is 13.5 Å². The Kier molecular flexibility index (Phi) is 5.74. The highest BCUT2D eigenvalue weighted by molar-refractivity contribution is 6.01. The van der Waals surface area contributed by atoms with Gasteiger partial charge in [-0.15, -0.1) is 0 Å². The number of hydrogen-bond donors (Lipinski definition) is 1. The van der Waals surface area contributed by atoms with Gasteiger partial charge in [-0.25, -0.2) is 4.79 Å². The molecule has 0 radical (unpaired) electrons. The van der Waals surface area contributed by atoms with Crippen LogP contribution in [0.1, 0.15) is 74.0 Å². The van der Waals surface area contributed by atoms with Crippen molar-refractivity contribution < 1.29 is 19.4 Å². The number of allylic oxidation sites excluding steroid dienone is 1. The Morgan fingerprint density at radius 3 is 2.52 bits per heavy atom. The molecule has 1 N–H and O–H groups in total. The Bertz CT molecular complexity index is 969. The van der Waals surface area contributed by atoms with Crippen LogP contribution in [0, 0.1) is 6.92 Å². The lowest BCUT2D eigenvalue weighted by Crippen LogP contribution is -2.39. The summed E-state index contributed by atoms with van der Waals surface area (Å²) in [6, 6.07) is 7.68. The number of phenols is 1. The SMILES string of the molecule is C=C(C)c1ccc(C)cc1-c1c(O)cc(CCCCC)c2c1OC(C)(C)OC2=O. The van der Waals surface area contributed by atoms with Crippen LogP contribution in [0.5, 0.6) is 11.5 Å². The number of carbonyl (C=O) groups excluding carboxylic acids is 1. The molecule has 0 aliphatic carbocycles. The van der Waals surface area contributed by atoms with Crippen molar-refractivity contribution in [3.8, 4) is 22.6 Å². The van der Waals surface area contributed by atoms with Crippen molar-refractivity contribution in [2.24, 2.45) is 0 Å². The first-order valence-electron chi connectivity index (χ1n) is 10.2. The molecular formula is C25H30O4. The Morgan fingerprint density at radius 2 is 1.86 bits per heavy atom. The number of cyclic esters (lactones) is 1. The standard InChI is InChI=1S/C25H30O4/c1-7-8-9-10-17-14-20(26)22(19-13-16(4)11-12-18(19)15(2)3)23-21(17)24(27)29-25(5,6)28-23/h11-14,26H,2,7-10H2,1,3-6H3. The van der Waals surface area contributed by atoms with Crippen LogP contribution in [0.2, 0.25) is 0 Å². The molecule has 4 nitrogen and oxygen atoms in total. The number of hydrogen-bond acceptors (Lipinski definition) is 4. The van der Waals surface area contributed by atoms with Crippen LogP contribution in [-0.4, -0.2) is 16.9 Å². The minimum atomic E-state index is -1.11. The fraction of sp³-hybridized carbons (Fsp3) is 0.400. The molecule has 0 bridgehead atoms. The number of esters is 1. The fourth-order valence-electron chi connectivity index (χ4n) is 3.82. The van der Waals surface area contributed by atoms with E-state index in [4.69, 9.17) is 9.47 Å². The smallest absolute Gasteiger partial charge is 0.345 e. The van der Waals surface area contributed by atoms with Gasteiger partial charge in [0.2, 0.25) is 5.79 Å². The lowest BCUT2D eigenvalue weighted by atomic mass is 9.88. The van der Waals surface area contributed by atoms with Crippen LogP contribution < -0.4 is 4.74 Å². The number of carbonyl (C=O) groups is 1. The van der Waals surface area contributed by atoms with Crippen LogP contribution in [-0.2, 0) is 11.2 Å². The van der Waals surface area contributed by atoms with Crippen LogP contribution in [0.15, 0.2) is 30.8 Å². The Hall–Kier alpha value is -2.75. The molecule has 1 aliphatic heterocycles. The van der Waals surface area contributed by atoms with Crippen LogP contribution in [0.25, 0.3) is 16.7 Å². The molecule has 2 aromatic rings. The zero-order valence-electron chi connectivity index (χ0n) is 18.0. The first-order chi connectivity index (χ1) is 13.6. The minimum absolute atomic E-state index is 0.105. The molecular weight excluding hydrogens is 364 g/mol. The summed E-state index contributed by atoms with van der Waals surface area (Å²) in [6.45, 7) is 13.5. The van der Waals surface area contributed by atoms with Crippen LogP contribution in [0.3, 0.4) is 0 Å². The van der Waals surface area contributed by atoms with E-state index in [1.165, 1.54) is 0 Å². The molecule has 29 heavy (non-hydrogen) atoms. The predicted molar refractivity (Wildman–Crippen MR) is 116 cm³/mol. The van der Waals surface area contributed by atoms with E-state index in [9.17, 15) is 9.90 Å². The lowest BCUT2D eigenvalue weighted by molar-refractivity contribution is -0.127. The maximum Gasteiger partial charge on any atom is 0.345 e. The third kappa shape index (κ3) is 4.16. The number of phenolic OH excluding ortho intramolecular Hbond substituents is 1. The molecule has 0 spiro atoms. The second-order valence-electron chi connectivity index (χ2n) is 8.31. The molecule has 0 saturated carbocycles. The topological polar surface area (TPSA) is 55.8 Å². The van der Waals surface area contributed by atoms with Gasteiger partial charge >= 0.3 is 5.97 Å². The summed E-state index contributed by atoms with van der Waals surface area (Å²) in [6.07, 6.45) is 3.74. The van der Waals surface area contributed by atoms with Gasteiger partial charge in [0.15, 0.2) is 5.75 Å². The summed E-state index contributed by atoms with van der Waals surface area (Å²) in [7, 11) is 0. The van der Waals surface area contributed by atoms with Gasteiger partial charge in [0.1, 0.15) is 11.3 Å². The molecule has 1 aliphatic rings. The van der Waals surface area contributed by atoms with E-state index in [1.807, 2.05) is 32.0 Å². The molecule has 1 heterocycles. The average molecular weight is 395 g/mol. The quantitative estimate of drug-likeness (QED) is 0.454. The fourth-order valence-corrected chi connectivity index (χ4v) is 3.82. The monoisotopic (exact) mass is 394 g/mol. The Morgan fingerprint density at radius 1 is 1.14 bits per heavy atom. The van der Waals surface area contributed by atoms with E-state index in [1.54, 1.807) is 19.9 Å². The van der Waals surface area contributed by atoms with Gasteiger partial charge in [-0.3, -0.25) is 0 Å². The maximum absolute atomic E-state index is 12.9. The number of rotatable bonds is 6. The van der Waals surface area contributed by atoms with Gasteiger partial charge in [-0.05, 0) is 49.4 Å². The van der Waals surface area contributed by atoms with Gasteiger partial charge in [0.05, 0.1) is 5.56 Å². The molecule has 3 rings (SSSR count). The van der Waals surface area contributed by atoms with Crippen molar-refractivity contribution in [1.29, 1.82) is 0 Å². The number of fused-ring (bicyclic) bond motifs is 1. The first kappa shape index (κ1) is 21.0. The lowest BCUT2D eigenvalue weighted by Gasteiger charge is -2.34. The molecule has 0 unspecified atom stereocenters. The zero-order chi connectivity index (χ0) is 21.3. The second kappa shape index (κ2) is 7.94. The summed E-state index contributed by atoms with van der Waals surface area (Å²) in [5, 5.41) is 11.0. The van der Waals surface area contributed by atoms with Crippen molar-refractivity contribution in [2.75, 3.05) is 0 Å². The van der Waals surface area contributed by atoms with Crippen molar-refractivity contribution in [3.63, 3.8) is 0 Å². The van der Waals surface area contributed by atoms with Gasteiger partial charge < -0.3 is 14.6 Å². The number of aryl methyl sites for hydroxylation is 2. The molecule has 0 saturated heterocycles. The minimum Gasteiger partial charge on any atom is -0.507 e.